The van der Waals surface area contributed by atoms with Gasteiger partial charge in [-0.15, -0.1) is 15.3 Å². The van der Waals surface area contributed by atoms with Crippen molar-refractivity contribution in [2.45, 2.75) is 46.3 Å². The first-order valence-corrected chi connectivity index (χ1v) is 9.40. The number of anilines is 1. The summed E-state index contributed by atoms with van der Waals surface area (Å²) in [6.45, 7) is 8.30. The molecule has 2 aromatic heterocycles. The standard InChI is InChI=1S/C17H21N7O2S/c1-10(2)16-20-21-17(27-16)18-15(25)12-5-7-13(8-6-12)26-9-14-19-22-23-24(14)11(3)4/h5-8,10-11H,9H2,1-4H3,(H,18,21,25). The lowest BCUT2D eigenvalue weighted by molar-refractivity contribution is 0.102. The molecule has 142 valence electrons. The molecule has 2 heterocycles. The lowest BCUT2D eigenvalue weighted by Gasteiger charge is -2.09. The van der Waals surface area contributed by atoms with E-state index in [1.54, 1.807) is 28.9 Å². The van der Waals surface area contributed by atoms with Crippen LogP contribution in [0.25, 0.3) is 0 Å². The molecule has 0 atom stereocenters. The second-order valence-corrected chi connectivity index (χ2v) is 7.51. The van der Waals surface area contributed by atoms with Crippen LogP contribution in [0.15, 0.2) is 24.3 Å². The van der Waals surface area contributed by atoms with Gasteiger partial charge >= 0.3 is 0 Å². The Kier molecular flexibility index (Phi) is 5.75. The van der Waals surface area contributed by atoms with Crippen molar-refractivity contribution in [1.82, 2.24) is 30.4 Å². The molecule has 0 aliphatic heterocycles. The zero-order chi connectivity index (χ0) is 19.4. The van der Waals surface area contributed by atoms with Gasteiger partial charge in [-0.3, -0.25) is 10.1 Å². The summed E-state index contributed by atoms with van der Waals surface area (Å²) in [5.41, 5.74) is 0.510. The van der Waals surface area contributed by atoms with E-state index in [1.807, 2.05) is 27.7 Å². The third-order valence-corrected chi connectivity index (χ3v) is 4.83. The molecular weight excluding hydrogens is 366 g/mol. The molecule has 1 N–H and O–H groups in total. The molecule has 0 fully saturated rings. The van der Waals surface area contributed by atoms with Crippen LogP contribution in [0.1, 0.15) is 60.8 Å². The van der Waals surface area contributed by atoms with Crippen molar-refractivity contribution in [3.63, 3.8) is 0 Å². The number of nitrogens with zero attached hydrogens (tertiary/aromatic N) is 6. The second kappa shape index (κ2) is 8.21. The Bertz CT molecular complexity index is 902. The maximum absolute atomic E-state index is 12.3. The highest BCUT2D eigenvalue weighted by Gasteiger charge is 2.13. The summed E-state index contributed by atoms with van der Waals surface area (Å²) in [5, 5.41) is 23.7. The summed E-state index contributed by atoms with van der Waals surface area (Å²) >= 11 is 1.38. The van der Waals surface area contributed by atoms with Crippen molar-refractivity contribution in [2.75, 3.05) is 5.32 Å². The molecule has 0 aliphatic carbocycles. The number of ether oxygens (including phenoxy) is 1. The quantitative estimate of drug-likeness (QED) is 0.664. The lowest BCUT2D eigenvalue weighted by atomic mass is 10.2. The molecule has 3 rings (SSSR count). The number of benzene rings is 1. The number of aromatic nitrogens is 6. The molecule has 0 unspecified atom stereocenters. The summed E-state index contributed by atoms with van der Waals surface area (Å²) < 4.78 is 7.41. The average Bonchev–Trinajstić information content (AvgIpc) is 3.29. The summed E-state index contributed by atoms with van der Waals surface area (Å²) in [6, 6.07) is 7.01. The zero-order valence-corrected chi connectivity index (χ0v) is 16.4. The highest BCUT2D eigenvalue weighted by atomic mass is 32.1. The third kappa shape index (κ3) is 4.64. The van der Waals surface area contributed by atoms with Crippen LogP contribution in [0.4, 0.5) is 5.13 Å². The van der Waals surface area contributed by atoms with E-state index >= 15 is 0 Å². The van der Waals surface area contributed by atoms with Crippen LogP contribution >= 0.6 is 11.3 Å². The van der Waals surface area contributed by atoms with Gasteiger partial charge in [-0.1, -0.05) is 25.2 Å². The molecule has 1 aromatic carbocycles. The van der Waals surface area contributed by atoms with Crippen LogP contribution in [0, 0.1) is 0 Å². The Hall–Kier alpha value is -2.88. The molecule has 0 spiro atoms. The Morgan fingerprint density at radius 2 is 1.89 bits per heavy atom. The Balaban J connectivity index is 1.59. The molecular formula is C17H21N7O2S. The van der Waals surface area contributed by atoms with Gasteiger partial charge in [-0.2, -0.15) is 0 Å². The Morgan fingerprint density at radius 3 is 2.52 bits per heavy atom. The number of hydrogen-bond acceptors (Lipinski definition) is 8. The number of rotatable bonds is 7. The average molecular weight is 387 g/mol. The molecule has 0 saturated carbocycles. The van der Waals surface area contributed by atoms with Crippen molar-refractivity contribution in [3.8, 4) is 5.75 Å². The van der Waals surface area contributed by atoms with E-state index in [0.717, 1.165) is 5.01 Å². The zero-order valence-electron chi connectivity index (χ0n) is 15.6. The van der Waals surface area contributed by atoms with E-state index < -0.39 is 0 Å². The number of hydrogen-bond donors (Lipinski definition) is 1. The van der Waals surface area contributed by atoms with Crippen molar-refractivity contribution < 1.29 is 9.53 Å². The van der Waals surface area contributed by atoms with E-state index in [9.17, 15) is 4.79 Å². The predicted molar refractivity (Wildman–Crippen MR) is 101 cm³/mol. The number of tetrazole rings is 1. The molecule has 1 amide bonds. The van der Waals surface area contributed by atoms with Gasteiger partial charge in [0.2, 0.25) is 5.13 Å². The first-order chi connectivity index (χ1) is 12.9. The SMILES string of the molecule is CC(C)c1nnc(NC(=O)c2ccc(OCc3nnnn3C(C)C)cc2)s1. The fourth-order valence-electron chi connectivity index (χ4n) is 2.25. The first-order valence-electron chi connectivity index (χ1n) is 8.58. The normalized spacial score (nSPS) is 11.2. The first kappa shape index (κ1) is 18.9. The molecule has 0 bridgehead atoms. The van der Waals surface area contributed by atoms with Crippen LogP contribution in [0.3, 0.4) is 0 Å². The van der Waals surface area contributed by atoms with Gasteiger partial charge in [0.05, 0.1) is 6.04 Å². The molecule has 0 saturated heterocycles. The summed E-state index contributed by atoms with van der Waals surface area (Å²) in [7, 11) is 0. The van der Waals surface area contributed by atoms with Gasteiger partial charge in [0.1, 0.15) is 17.4 Å². The molecule has 0 radical (unpaired) electrons. The minimum absolute atomic E-state index is 0.154. The lowest BCUT2D eigenvalue weighted by Crippen LogP contribution is -2.12. The van der Waals surface area contributed by atoms with Crippen molar-refractivity contribution in [3.05, 3.63) is 40.7 Å². The molecule has 3 aromatic rings. The summed E-state index contributed by atoms with van der Waals surface area (Å²) in [6.07, 6.45) is 0. The van der Waals surface area contributed by atoms with Gasteiger partial charge in [0.15, 0.2) is 5.82 Å². The molecule has 9 nitrogen and oxygen atoms in total. The summed E-state index contributed by atoms with van der Waals surface area (Å²) in [5.74, 6) is 1.31. The smallest absolute Gasteiger partial charge is 0.257 e. The fourth-order valence-corrected chi connectivity index (χ4v) is 2.99. The van der Waals surface area contributed by atoms with Crippen LogP contribution in [0.5, 0.6) is 5.75 Å². The number of amides is 1. The third-order valence-electron chi connectivity index (χ3n) is 3.69. The van der Waals surface area contributed by atoms with Gasteiger partial charge in [-0.25, -0.2) is 4.68 Å². The van der Waals surface area contributed by atoms with E-state index in [0.29, 0.717) is 22.3 Å². The number of carbonyl (C=O) groups is 1. The fraction of sp³-hybridized carbons (Fsp3) is 0.412. The van der Waals surface area contributed by atoms with Gasteiger partial charge in [0.25, 0.3) is 5.91 Å². The molecule has 10 heteroatoms. The second-order valence-electron chi connectivity index (χ2n) is 6.50. The summed E-state index contributed by atoms with van der Waals surface area (Å²) in [4.78, 5) is 12.3. The van der Waals surface area contributed by atoms with Crippen LogP contribution < -0.4 is 10.1 Å². The highest BCUT2D eigenvalue weighted by molar-refractivity contribution is 7.15. The van der Waals surface area contributed by atoms with Crippen LogP contribution in [-0.2, 0) is 6.61 Å². The van der Waals surface area contributed by atoms with E-state index in [4.69, 9.17) is 4.74 Å². The maximum atomic E-state index is 12.3. The Labute approximate surface area is 160 Å². The van der Waals surface area contributed by atoms with Gasteiger partial charge < -0.3 is 4.74 Å². The molecule has 0 aliphatic rings. The van der Waals surface area contributed by atoms with Crippen LogP contribution in [0.2, 0.25) is 0 Å². The van der Waals surface area contributed by atoms with E-state index in [-0.39, 0.29) is 24.5 Å². The van der Waals surface area contributed by atoms with E-state index in [2.05, 4.69) is 31.0 Å². The molecule has 27 heavy (non-hydrogen) atoms. The topological polar surface area (TPSA) is 108 Å². The largest absolute Gasteiger partial charge is 0.486 e. The minimum Gasteiger partial charge on any atom is -0.486 e. The minimum atomic E-state index is -0.239. The van der Waals surface area contributed by atoms with Crippen molar-refractivity contribution >= 4 is 22.4 Å². The number of nitrogens with one attached hydrogen (secondary N) is 1. The monoisotopic (exact) mass is 387 g/mol. The van der Waals surface area contributed by atoms with E-state index in [1.165, 1.54) is 11.3 Å². The van der Waals surface area contributed by atoms with Crippen molar-refractivity contribution in [1.29, 1.82) is 0 Å². The number of carbonyl (C=O) groups excluding carboxylic acids is 1. The predicted octanol–water partition coefficient (Wildman–Crippen LogP) is 3.06. The van der Waals surface area contributed by atoms with Gasteiger partial charge in [0, 0.05) is 11.5 Å². The maximum Gasteiger partial charge on any atom is 0.257 e. The van der Waals surface area contributed by atoms with Crippen LogP contribution in [-0.4, -0.2) is 36.3 Å². The highest BCUT2D eigenvalue weighted by Crippen LogP contribution is 2.23. The van der Waals surface area contributed by atoms with Crippen molar-refractivity contribution in [2.24, 2.45) is 0 Å². The Morgan fingerprint density at radius 1 is 1.15 bits per heavy atom. The van der Waals surface area contributed by atoms with Gasteiger partial charge in [-0.05, 0) is 48.5 Å².